The highest BCUT2D eigenvalue weighted by atomic mass is 16.5. The maximum absolute atomic E-state index is 12.4. The van der Waals surface area contributed by atoms with Gasteiger partial charge < -0.3 is 14.8 Å². The molecule has 1 heterocycles. The first-order valence-corrected chi connectivity index (χ1v) is 11.9. The molecule has 1 unspecified atom stereocenters. The number of nitrogens with one attached hydrogen (secondary N) is 2. The van der Waals surface area contributed by atoms with Gasteiger partial charge in [-0.2, -0.15) is 0 Å². The van der Waals surface area contributed by atoms with Crippen LogP contribution in [-0.4, -0.2) is 54.3 Å². The van der Waals surface area contributed by atoms with Crippen molar-refractivity contribution < 1.29 is 33.5 Å². The average molecular weight is 518 g/mol. The van der Waals surface area contributed by atoms with E-state index in [1.807, 2.05) is 0 Å². The van der Waals surface area contributed by atoms with Crippen LogP contribution in [0.25, 0.3) is 0 Å². The van der Waals surface area contributed by atoms with Crippen LogP contribution in [0.1, 0.15) is 52.7 Å². The van der Waals surface area contributed by atoms with Gasteiger partial charge >= 0.3 is 5.97 Å². The van der Waals surface area contributed by atoms with Crippen LogP contribution in [0.15, 0.2) is 42.5 Å². The maximum atomic E-state index is 12.4. The SMILES string of the molecule is CN(Cc1cc(CNC(=O)C#Cc2ccccc2OC(=O)CCC=O)ccc1C=O)C1CCC(=O)NC1=O. The van der Waals surface area contributed by atoms with E-state index in [-0.39, 0.29) is 43.4 Å². The zero-order chi connectivity index (χ0) is 27.5. The summed E-state index contributed by atoms with van der Waals surface area (Å²) in [5.74, 6) is 3.54. The molecule has 0 aliphatic carbocycles. The topological polar surface area (TPSA) is 139 Å². The number of carbonyl (C=O) groups is 6. The second-order valence-corrected chi connectivity index (χ2v) is 8.64. The molecule has 10 heteroatoms. The van der Waals surface area contributed by atoms with E-state index >= 15 is 0 Å². The number of para-hydroxylation sites is 1. The number of benzene rings is 2. The lowest BCUT2D eigenvalue weighted by Crippen LogP contribution is -2.51. The molecule has 2 N–H and O–H groups in total. The number of rotatable bonds is 10. The number of imide groups is 1. The maximum Gasteiger partial charge on any atom is 0.311 e. The van der Waals surface area contributed by atoms with Crippen molar-refractivity contribution in [2.45, 2.75) is 44.8 Å². The molecule has 0 bridgehead atoms. The molecule has 0 saturated carbocycles. The summed E-state index contributed by atoms with van der Waals surface area (Å²) in [6.45, 7) is 0.439. The lowest BCUT2D eigenvalue weighted by Gasteiger charge is -2.30. The number of aldehydes is 2. The Bertz CT molecular complexity index is 1310. The highest BCUT2D eigenvalue weighted by Gasteiger charge is 2.30. The summed E-state index contributed by atoms with van der Waals surface area (Å²) < 4.78 is 5.23. The average Bonchev–Trinajstić information content (AvgIpc) is 2.90. The zero-order valence-corrected chi connectivity index (χ0v) is 20.8. The van der Waals surface area contributed by atoms with Gasteiger partial charge in [0.15, 0.2) is 0 Å². The van der Waals surface area contributed by atoms with Crippen LogP contribution in [0, 0.1) is 11.8 Å². The summed E-state index contributed by atoms with van der Waals surface area (Å²) in [4.78, 5) is 71.5. The van der Waals surface area contributed by atoms with E-state index in [0.29, 0.717) is 35.9 Å². The molecule has 1 saturated heterocycles. The lowest BCUT2D eigenvalue weighted by atomic mass is 10.0. The molecule has 1 aliphatic heterocycles. The summed E-state index contributed by atoms with van der Waals surface area (Å²) in [7, 11) is 1.75. The van der Waals surface area contributed by atoms with Gasteiger partial charge in [0.1, 0.15) is 18.3 Å². The van der Waals surface area contributed by atoms with E-state index in [4.69, 9.17) is 4.74 Å². The molecule has 2 aromatic rings. The molecule has 3 rings (SSSR count). The largest absolute Gasteiger partial charge is 0.425 e. The minimum absolute atomic E-state index is 0.0534. The standard InChI is InChI=1S/C28H27N3O7/c1-31(23-11-13-26(35)30-28(23)37)17-22-15-19(8-9-21(22)18-33)16-29-25(34)12-10-20-5-2-3-6-24(20)38-27(36)7-4-14-32/h2-3,5-6,8-9,14-15,18,23H,4,7,11,13,16-17H2,1H3,(H,29,34)(H,30,35,37). The summed E-state index contributed by atoms with van der Waals surface area (Å²) in [6.07, 6.45) is 2.00. The summed E-state index contributed by atoms with van der Waals surface area (Å²) >= 11 is 0. The van der Waals surface area contributed by atoms with Gasteiger partial charge in [0.25, 0.3) is 5.91 Å². The van der Waals surface area contributed by atoms with Crippen molar-refractivity contribution in [3.05, 3.63) is 64.7 Å². The van der Waals surface area contributed by atoms with E-state index in [2.05, 4.69) is 22.5 Å². The van der Waals surface area contributed by atoms with Crippen LogP contribution in [0.2, 0.25) is 0 Å². The van der Waals surface area contributed by atoms with Gasteiger partial charge in [-0.05, 0) is 36.7 Å². The Morgan fingerprint density at radius 3 is 2.71 bits per heavy atom. The van der Waals surface area contributed by atoms with E-state index < -0.39 is 17.9 Å². The Morgan fingerprint density at radius 2 is 1.97 bits per heavy atom. The summed E-state index contributed by atoms with van der Waals surface area (Å²) in [5, 5.41) is 5.01. The van der Waals surface area contributed by atoms with Crippen molar-refractivity contribution in [3.8, 4) is 17.6 Å². The minimum atomic E-state index is -0.575. The van der Waals surface area contributed by atoms with Gasteiger partial charge in [-0.25, -0.2) is 0 Å². The number of esters is 1. The Kier molecular flexibility index (Phi) is 10.0. The van der Waals surface area contributed by atoms with Gasteiger partial charge in [-0.15, -0.1) is 0 Å². The Balaban J connectivity index is 1.63. The molecular formula is C28H27N3O7. The Morgan fingerprint density at radius 1 is 1.18 bits per heavy atom. The molecule has 0 aromatic heterocycles. The number of piperidine rings is 1. The number of likely N-dealkylation sites (N-methyl/N-ethyl adjacent to an activating group) is 1. The molecule has 10 nitrogen and oxygen atoms in total. The third kappa shape index (κ3) is 7.94. The van der Waals surface area contributed by atoms with Crippen LogP contribution in [0.4, 0.5) is 0 Å². The number of hydrogen-bond acceptors (Lipinski definition) is 8. The molecule has 1 fully saturated rings. The third-order valence-corrected chi connectivity index (χ3v) is 5.84. The number of ether oxygens (including phenoxy) is 1. The third-order valence-electron chi connectivity index (χ3n) is 5.84. The lowest BCUT2D eigenvalue weighted by molar-refractivity contribution is -0.137. The zero-order valence-electron chi connectivity index (χ0n) is 20.8. The number of carbonyl (C=O) groups excluding carboxylic acids is 6. The highest BCUT2D eigenvalue weighted by Crippen LogP contribution is 2.19. The van der Waals surface area contributed by atoms with E-state index in [0.717, 1.165) is 11.8 Å². The number of nitrogens with zero attached hydrogens (tertiary/aromatic N) is 1. The first-order valence-electron chi connectivity index (χ1n) is 11.9. The van der Waals surface area contributed by atoms with Crippen LogP contribution < -0.4 is 15.4 Å². The fourth-order valence-electron chi connectivity index (χ4n) is 3.86. The fraction of sp³-hybridized carbons (Fsp3) is 0.286. The van der Waals surface area contributed by atoms with Crippen molar-refractivity contribution >= 4 is 36.3 Å². The highest BCUT2D eigenvalue weighted by molar-refractivity contribution is 6.00. The minimum Gasteiger partial charge on any atom is -0.425 e. The molecule has 1 aliphatic rings. The molecule has 2 aromatic carbocycles. The quantitative estimate of drug-likeness (QED) is 0.158. The van der Waals surface area contributed by atoms with E-state index in [1.165, 1.54) is 0 Å². The Labute approximate surface area is 219 Å². The summed E-state index contributed by atoms with van der Waals surface area (Å²) in [5.41, 5.74) is 2.20. The fourth-order valence-corrected chi connectivity index (χ4v) is 3.86. The predicted octanol–water partition coefficient (Wildman–Crippen LogP) is 1.29. The molecular weight excluding hydrogens is 490 g/mol. The van der Waals surface area contributed by atoms with Crippen molar-refractivity contribution in [2.75, 3.05) is 7.05 Å². The van der Waals surface area contributed by atoms with Gasteiger partial charge in [0, 0.05) is 37.4 Å². The second kappa shape index (κ2) is 13.6. The molecule has 0 radical (unpaired) electrons. The predicted molar refractivity (Wildman–Crippen MR) is 136 cm³/mol. The van der Waals surface area contributed by atoms with Gasteiger partial charge in [-0.1, -0.05) is 36.3 Å². The molecule has 3 amide bonds. The first-order chi connectivity index (χ1) is 18.3. The molecule has 38 heavy (non-hydrogen) atoms. The van der Waals surface area contributed by atoms with Crippen LogP contribution in [0.5, 0.6) is 5.75 Å². The van der Waals surface area contributed by atoms with Gasteiger partial charge in [0.05, 0.1) is 18.0 Å². The molecule has 1 atom stereocenters. The van der Waals surface area contributed by atoms with Crippen LogP contribution in [0.3, 0.4) is 0 Å². The first kappa shape index (κ1) is 28.0. The van der Waals surface area contributed by atoms with Gasteiger partial charge in [-0.3, -0.25) is 34.2 Å². The molecule has 196 valence electrons. The Hall–Kier alpha value is -4.62. The number of amides is 3. The van der Waals surface area contributed by atoms with Crippen molar-refractivity contribution in [1.82, 2.24) is 15.5 Å². The monoisotopic (exact) mass is 517 g/mol. The van der Waals surface area contributed by atoms with Crippen molar-refractivity contribution in [2.24, 2.45) is 0 Å². The van der Waals surface area contributed by atoms with Gasteiger partial charge in [0.2, 0.25) is 11.8 Å². The van der Waals surface area contributed by atoms with Crippen molar-refractivity contribution in [1.29, 1.82) is 0 Å². The van der Waals surface area contributed by atoms with E-state index in [1.54, 1.807) is 54.4 Å². The van der Waals surface area contributed by atoms with Crippen molar-refractivity contribution in [3.63, 3.8) is 0 Å². The normalized spacial score (nSPS) is 14.6. The second-order valence-electron chi connectivity index (χ2n) is 8.64. The summed E-state index contributed by atoms with van der Waals surface area (Å²) in [6, 6.07) is 11.1. The molecule has 0 spiro atoms. The van der Waals surface area contributed by atoms with Crippen LogP contribution >= 0.6 is 0 Å². The van der Waals surface area contributed by atoms with E-state index in [9.17, 15) is 28.8 Å². The van der Waals surface area contributed by atoms with Crippen LogP contribution in [-0.2, 0) is 37.1 Å². The smallest absolute Gasteiger partial charge is 0.311 e. The number of hydrogen-bond donors (Lipinski definition) is 2.